The van der Waals surface area contributed by atoms with Crippen molar-refractivity contribution in [2.24, 2.45) is 0 Å². The normalized spacial score (nSPS) is 10.8. The Kier molecular flexibility index (Phi) is 6.67. The number of nitrogens with one attached hydrogen (secondary N) is 1. The number of nitrogen functional groups attached to an aromatic ring is 1. The van der Waals surface area contributed by atoms with E-state index in [9.17, 15) is 4.79 Å². The van der Waals surface area contributed by atoms with E-state index in [1.54, 1.807) is 30.3 Å². The van der Waals surface area contributed by atoms with E-state index in [1.807, 2.05) is 18.2 Å². The summed E-state index contributed by atoms with van der Waals surface area (Å²) in [6.07, 6.45) is 5.32. The Labute approximate surface area is 203 Å². The predicted molar refractivity (Wildman–Crippen MR) is 137 cm³/mol. The number of aromatic nitrogens is 2. The molecule has 0 atom stereocenters. The molecule has 34 heavy (non-hydrogen) atoms. The minimum atomic E-state index is -0.462. The van der Waals surface area contributed by atoms with Crippen molar-refractivity contribution >= 4 is 39.8 Å². The quantitative estimate of drug-likeness (QED) is 0.269. The molecule has 0 aliphatic heterocycles. The first-order chi connectivity index (χ1) is 16.4. The number of nitrogens with zero attached hydrogens (tertiary/aromatic N) is 2. The summed E-state index contributed by atoms with van der Waals surface area (Å²) < 4.78 is 5.59. The molecule has 0 saturated carbocycles. The molecule has 1 aromatic heterocycles. The molecule has 0 bridgehead atoms. The monoisotopic (exact) mass is 470 g/mol. The Morgan fingerprint density at radius 1 is 1.12 bits per heavy atom. The zero-order valence-corrected chi connectivity index (χ0v) is 19.6. The van der Waals surface area contributed by atoms with Gasteiger partial charge in [0, 0.05) is 16.6 Å². The molecule has 3 aromatic carbocycles. The van der Waals surface area contributed by atoms with Crippen molar-refractivity contribution in [2.75, 3.05) is 17.7 Å². The summed E-state index contributed by atoms with van der Waals surface area (Å²) in [5.74, 6) is 3.02. The van der Waals surface area contributed by atoms with E-state index >= 15 is 0 Å². The first kappa shape index (κ1) is 23.1. The highest BCUT2D eigenvalue weighted by molar-refractivity contribution is 6.33. The van der Waals surface area contributed by atoms with Gasteiger partial charge < -0.3 is 15.8 Å². The summed E-state index contributed by atoms with van der Waals surface area (Å²) in [7, 11) is 0. The average Bonchev–Trinajstić information content (AvgIpc) is 2.84. The molecule has 3 N–H and O–H groups in total. The minimum absolute atomic E-state index is 0.0289. The van der Waals surface area contributed by atoms with Crippen LogP contribution < -0.4 is 15.8 Å². The number of halogens is 1. The molecule has 0 spiro atoms. The zero-order chi connectivity index (χ0) is 24.2. The highest BCUT2D eigenvalue weighted by Crippen LogP contribution is 2.31. The van der Waals surface area contributed by atoms with E-state index in [0.717, 1.165) is 10.9 Å². The molecule has 6 nitrogen and oxygen atoms in total. The highest BCUT2D eigenvalue weighted by atomic mass is 35.5. The lowest BCUT2D eigenvalue weighted by atomic mass is 9.99. The van der Waals surface area contributed by atoms with Crippen LogP contribution in [0.25, 0.3) is 22.2 Å². The van der Waals surface area contributed by atoms with Gasteiger partial charge in [0.1, 0.15) is 12.4 Å². The lowest BCUT2D eigenvalue weighted by Crippen LogP contribution is -2.16. The SMILES string of the molecule is C#CCOc1ccc2nc(C(=O)Nc3ccc(Cl)c(N)c3)nc(-c3ccc(C(C)C)cc3)c2c1. The van der Waals surface area contributed by atoms with Gasteiger partial charge in [0.25, 0.3) is 5.91 Å². The Hall–Kier alpha value is -4.08. The van der Waals surface area contributed by atoms with Crippen LogP contribution in [0.5, 0.6) is 5.75 Å². The van der Waals surface area contributed by atoms with Gasteiger partial charge in [-0.15, -0.1) is 6.42 Å². The number of amides is 1. The van der Waals surface area contributed by atoms with Crippen LogP contribution in [0, 0.1) is 12.3 Å². The van der Waals surface area contributed by atoms with Crippen molar-refractivity contribution in [1.29, 1.82) is 0 Å². The second kappa shape index (κ2) is 9.82. The van der Waals surface area contributed by atoms with Crippen molar-refractivity contribution in [2.45, 2.75) is 19.8 Å². The van der Waals surface area contributed by atoms with Crippen molar-refractivity contribution in [1.82, 2.24) is 9.97 Å². The van der Waals surface area contributed by atoms with Crippen molar-refractivity contribution in [3.05, 3.63) is 77.1 Å². The fourth-order valence-corrected chi connectivity index (χ4v) is 3.60. The number of anilines is 2. The van der Waals surface area contributed by atoms with Gasteiger partial charge in [0.05, 0.1) is 21.9 Å². The molecule has 0 aliphatic carbocycles. The number of benzene rings is 3. The van der Waals surface area contributed by atoms with Crippen molar-refractivity contribution < 1.29 is 9.53 Å². The molecule has 4 rings (SSSR count). The van der Waals surface area contributed by atoms with Crippen LogP contribution in [-0.4, -0.2) is 22.5 Å². The molecule has 1 heterocycles. The molecular weight excluding hydrogens is 448 g/mol. The second-order valence-electron chi connectivity index (χ2n) is 8.03. The molecule has 1 amide bonds. The van der Waals surface area contributed by atoms with Crippen molar-refractivity contribution in [3.63, 3.8) is 0 Å². The number of carbonyl (C=O) groups is 1. The molecule has 0 radical (unpaired) electrons. The maximum atomic E-state index is 13.0. The van der Waals surface area contributed by atoms with Crippen LogP contribution in [0.2, 0.25) is 5.02 Å². The fourth-order valence-electron chi connectivity index (χ4n) is 3.48. The molecule has 170 valence electrons. The van der Waals surface area contributed by atoms with E-state index in [2.05, 4.69) is 47.2 Å². The third-order valence-corrected chi connectivity index (χ3v) is 5.64. The summed E-state index contributed by atoms with van der Waals surface area (Å²) in [5, 5.41) is 3.94. The number of hydrogen-bond acceptors (Lipinski definition) is 5. The summed E-state index contributed by atoms with van der Waals surface area (Å²) in [6.45, 7) is 4.42. The van der Waals surface area contributed by atoms with Gasteiger partial charge in [-0.2, -0.15) is 0 Å². The van der Waals surface area contributed by atoms with Crippen LogP contribution in [-0.2, 0) is 0 Å². The topological polar surface area (TPSA) is 90.1 Å². The minimum Gasteiger partial charge on any atom is -0.481 e. The fraction of sp³-hybridized carbons (Fsp3) is 0.148. The van der Waals surface area contributed by atoms with Gasteiger partial charge in [0.15, 0.2) is 0 Å². The van der Waals surface area contributed by atoms with E-state index in [1.165, 1.54) is 5.56 Å². The van der Waals surface area contributed by atoms with Crippen LogP contribution in [0.1, 0.15) is 35.9 Å². The number of rotatable bonds is 6. The smallest absolute Gasteiger partial charge is 0.293 e. The van der Waals surface area contributed by atoms with Crippen LogP contribution in [0.15, 0.2) is 60.7 Å². The lowest BCUT2D eigenvalue weighted by molar-refractivity contribution is 0.101. The average molecular weight is 471 g/mol. The van der Waals surface area contributed by atoms with E-state index in [0.29, 0.717) is 39.3 Å². The molecule has 0 aliphatic rings. The van der Waals surface area contributed by atoms with E-state index in [-0.39, 0.29) is 12.4 Å². The molecule has 0 saturated heterocycles. The standard InChI is InChI=1S/C27H23ClN4O2/c1-4-13-34-20-10-12-24-21(15-20)25(18-7-5-17(6-8-18)16(2)3)32-26(31-24)27(33)30-19-9-11-22(28)23(29)14-19/h1,5-12,14-16H,13,29H2,2-3H3,(H,30,33). The van der Waals surface area contributed by atoms with Crippen LogP contribution in [0.4, 0.5) is 11.4 Å². The van der Waals surface area contributed by atoms with Gasteiger partial charge in [0.2, 0.25) is 5.82 Å². The molecule has 4 aromatic rings. The molecule has 7 heteroatoms. The second-order valence-corrected chi connectivity index (χ2v) is 8.44. The Bertz CT molecular complexity index is 1410. The first-order valence-corrected chi connectivity index (χ1v) is 11.1. The lowest BCUT2D eigenvalue weighted by Gasteiger charge is -2.12. The van der Waals surface area contributed by atoms with Gasteiger partial charge in [-0.3, -0.25) is 4.79 Å². The number of nitrogens with two attached hydrogens (primary N) is 1. The Morgan fingerprint density at radius 2 is 1.88 bits per heavy atom. The van der Waals surface area contributed by atoms with Gasteiger partial charge in [-0.1, -0.05) is 55.6 Å². The van der Waals surface area contributed by atoms with Crippen LogP contribution in [0.3, 0.4) is 0 Å². The maximum absolute atomic E-state index is 13.0. The summed E-state index contributed by atoms with van der Waals surface area (Å²) in [5.41, 5.74) is 10.0. The third kappa shape index (κ3) is 4.95. The third-order valence-electron chi connectivity index (χ3n) is 5.30. The first-order valence-electron chi connectivity index (χ1n) is 10.7. The molecule has 0 unspecified atom stereocenters. The van der Waals surface area contributed by atoms with E-state index in [4.69, 9.17) is 28.5 Å². The number of fused-ring (bicyclic) bond motifs is 1. The van der Waals surface area contributed by atoms with Gasteiger partial charge in [-0.25, -0.2) is 9.97 Å². The zero-order valence-electron chi connectivity index (χ0n) is 18.8. The maximum Gasteiger partial charge on any atom is 0.293 e. The van der Waals surface area contributed by atoms with Crippen molar-refractivity contribution in [3.8, 4) is 29.4 Å². The van der Waals surface area contributed by atoms with Gasteiger partial charge in [-0.05, 0) is 47.9 Å². The van der Waals surface area contributed by atoms with Crippen LogP contribution >= 0.6 is 11.6 Å². The summed E-state index contributed by atoms with van der Waals surface area (Å²) in [4.78, 5) is 22.1. The Morgan fingerprint density at radius 3 is 2.56 bits per heavy atom. The highest BCUT2D eigenvalue weighted by Gasteiger charge is 2.17. The predicted octanol–water partition coefficient (Wildman–Crippen LogP) is 5.92. The number of ether oxygens (including phenoxy) is 1. The largest absolute Gasteiger partial charge is 0.481 e. The number of carbonyl (C=O) groups excluding carboxylic acids is 1. The Balaban J connectivity index is 1.79. The number of hydrogen-bond donors (Lipinski definition) is 2. The molecule has 0 fully saturated rings. The van der Waals surface area contributed by atoms with E-state index < -0.39 is 5.91 Å². The molecular formula is C27H23ClN4O2. The summed E-state index contributed by atoms with van der Waals surface area (Å²) in [6, 6.07) is 18.4. The summed E-state index contributed by atoms with van der Waals surface area (Å²) >= 11 is 5.98. The number of terminal acetylenes is 1. The van der Waals surface area contributed by atoms with Gasteiger partial charge >= 0.3 is 0 Å².